The number of carbonyl (C=O) groups excluding carboxylic acids is 1. The van der Waals surface area contributed by atoms with Crippen LogP contribution in [-0.4, -0.2) is 46.5 Å². The Kier molecular flexibility index (Phi) is 4.45. The molecule has 1 unspecified atom stereocenters. The van der Waals surface area contributed by atoms with E-state index in [0.29, 0.717) is 5.56 Å². The fraction of sp³-hybridized carbons (Fsp3) is 0.467. The van der Waals surface area contributed by atoms with Crippen molar-refractivity contribution >= 4 is 12.0 Å². The van der Waals surface area contributed by atoms with E-state index in [-0.39, 0.29) is 24.4 Å². The van der Waals surface area contributed by atoms with E-state index in [4.69, 9.17) is 5.11 Å². The minimum absolute atomic E-state index is 0.0103. The van der Waals surface area contributed by atoms with Gasteiger partial charge in [0.15, 0.2) is 0 Å². The van der Waals surface area contributed by atoms with Crippen LogP contribution >= 0.6 is 0 Å². The summed E-state index contributed by atoms with van der Waals surface area (Å²) in [6, 6.07) is 5.42. The topological polar surface area (TPSA) is 60.9 Å². The molecule has 1 aliphatic carbocycles. The maximum Gasteiger partial charge on any atom is 0.323 e. The summed E-state index contributed by atoms with van der Waals surface area (Å²) in [5.74, 6) is -1.41. The number of aliphatic carboxylic acids is 1. The van der Waals surface area contributed by atoms with E-state index in [1.165, 1.54) is 15.9 Å². The summed E-state index contributed by atoms with van der Waals surface area (Å²) in [5.41, 5.74) is 0.416. The van der Waals surface area contributed by atoms with Gasteiger partial charge in [0.2, 0.25) is 0 Å². The monoisotopic (exact) mass is 294 g/mol. The predicted molar refractivity (Wildman–Crippen MR) is 75.3 cm³/mol. The SMILES string of the molecule is CC(c1ccccc1F)N(C)C(=O)N(CC(=O)O)C1CC1. The van der Waals surface area contributed by atoms with E-state index in [0.717, 1.165) is 12.8 Å². The molecule has 2 rings (SSSR count). The van der Waals surface area contributed by atoms with Crippen molar-refractivity contribution in [2.24, 2.45) is 0 Å². The number of benzene rings is 1. The van der Waals surface area contributed by atoms with Crippen molar-refractivity contribution in [3.05, 3.63) is 35.6 Å². The molecule has 0 aliphatic heterocycles. The molecule has 1 saturated carbocycles. The zero-order valence-corrected chi connectivity index (χ0v) is 12.1. The second kappa shape index (κ2) is 6.11. The van der Waals surface area contributed by atoms with Gasteiger partial charge in [-0.05, 0) is 25.8 Å². The van der Waals surface area contributed by atoms with Crippen LogP contribution in [-0.2, 0) is 4.79 Å². The minimum atomic E-state index is -1.04. The highest BCUT2D eigenvalue weighted by Gasteiger charge is 2.36. The molecule has 0 bridgehead atoms. The third kappa shape index (κ3) is 3.51. The van der Waals surface area contributed by atoms with Crippen LogP contribution in [0.5, 0.6) is 0 Å². The van der Waals surface area contributed by atoms with Crippen LogP contribution in [0.4, 0.5) is 9.18 Å². The molecule has 1 N–H and O–H groups in total. The largest absolute Gasteiger partial charge is 0.480 e. The molecule has 0 spiro atoms. The number of rotatable bonds is 5. The van der Waals surface area contributed by atoms with Crippen molar-refractivity contribution in [3.8, 4) is 0 Å². The number of amides is 2. The van der Waals surface area contributed by atoms with Gasteiger partial charge < -0.3 is 14.9 Å². The van der Waals surface area contributed by atoms with Crippen LogP contribution in [0.25, 0.3) is 0 Å². The maximum absolute atomic E-state index is 13.8. The van der Waals surface area contributed by atoms with Crippen molar-refractivity contribution in [3.63, 3.8) is 0 Å². The van der Waals surface area contributed by atoms with Crippen molar-refractivity contribution in [1.82, 2.24) is 9.80 Å². The van der Waals surface area contributed by atoms with Crippen LogP contribution in [0, 0.1) is 5.82 Å². The van der Waals surface area contributed by atoms with Gasteiger partial charge in [-0.25, -0.2) is 9.18 Å². The number of nitrogens with zero attached hydrogens (tertiary/aromatic N) is 2. The Bertz CT molecular complexity index is 545. The summed E-state index contributed by atoms with van der Waals surface area (Å²) in [5, 5.41) is 8.92. The number of halogens is 1. The van der Waals surface area contributed by atoms with Gasteiger partial charge in [0.1, 0.15) is 12.4 Å². The summed E-state index contributed by atoms with van der Waals surface area (Å²) < 4.78 is 13.8. The number of hydrogen-bond acceptors (Lipinski definition) is 2. The maximum atomic E-state index is 13.8. The van der Waals surface area contributed by atoms with Gasteiger partial charge in [-0.15, -0.1) is 0 Å². The molecule has 114 valence electrons. The van der Waals surface area contributed by atoms with Gasteiger partial charge in [0, 0.05) is 18.7 Å². The number of carboxylic acids is 1. The lowest BCUT2D eigenvalue weighted by molar-refractivity contribution is -0.137. The van der Waals surface area contributed by atoms with Gasteiger partial charge in [-0.3, -0.25) is 4.79 Å². The first kappa shape index (κ1) is 15.3. The Morgan fingerprint density at radius 3 is 2.52 bits per heavy atom. The molecule has 0 aromatic heterocycles. The van der Waals surface area contributed by atoms with E-state index in [2.05, 4.69) is 0 Å². The van der Waals surface area contributed by atoms with Crippen molar-refractivity contribution in [1.29, 1.82) is 0 Å². The number of urea groups is 1. The second-order valence-electron chi connectivity index (χ2n) is 5.34. The normalized spacial score (nSPS) is 15.4. The zero-order chi connectivity index (χ0) is 15.6. The molecule has 1 aromatic rings. The van der Waals surface area contributed by atoms with E-state index >= 15 is 0 Å². The Labute approximate surface area is 123 Å². The lowest BCUT2D eigenvalue weighted by Crippen LogP contribution is -2.45. The summed E-state index contributed by atoms with van der Waals surface area (Å²) in [4.78, 5) is 26.1. The highest BCUT2D eigenvalue weighted by molar-refractivity contribution is 5.81. The molecule has 0 heterocycles. The smallest absolute Gasteiger partial charge is 0.323 e. The molecule has 1 fully saturated rings. The Morgan fingerprint density at radius 1 is 1.38 bits per heavy atom. The second-order valence-corrected chi connectivity index (χ2v) is 5.34. The Balaban J connectivity index is 2.13. The fourth-order valence-electron chi connectivity index (χ4n) is 2.28. The quantitative estimate of drug-likeness (QED) is 0.907. The zero-order valence-electron chi connectivity index (χ0n) is 12.1. The average molecular weight is 294 g/mol. The van der Waals surface area contributed by atoms with Crippen LogP contribution in [0.15, 0.2) is 24.3 Å². The van der Waals surface area contributed by atoms with Crippen LogP contribution < -0.4 is 0 Å². The van der Waals surface area contributed by atoms with Gasteiger partial charge in [0.05, 0.1) is 6.04 Å². The Hall–Kier alpha value is -2.11. The van der Waals surface area contributed by atoms with Gasteiger partial charge in [0.25, 0.3) is 0 Å². The first-order valence-electron chi connectivity index (χ1n) is 6.91. The van der Waals surface area contributed by atoms with Crippen LogP contribution in [0.3, 0.4) is 0 Å². The van der Waals surface area contributed by atoms with Gasteiger partial charge >= 0.3 is 12.0 Å². The first-order valence-corrected chi connectivity index (χ1v) is 6.91. The molecular weight excluding hydrogens is 275 g/mol. The average Bonchev–Trinajstić information content (AvgIpc) is 3.27. The molecule has 0 saturated heterocycles. The minimum Gasteiger partial charge on any atom is -0.480 e. The first-order chi connectivity index (χ1) is 9.91. The van der Waals surface area contributed by atoms with E-state index in [1.54, 1.807) is 32.2 Å². The fourth-order valence-corrected chi connectivity index (χ4v) is 2.28. The molecule has 21 heavy (non-hydrogen) atoms. The molecule has 1 atom stereocenters. The molecule has 6 heteroatoms. The standard InChI is InChI=1S/C15H19FN2O3/c1-10(12-5-3-4-6-13(12)16)17(2)15(21)18(9-14(19)20)11-7-8-11/h3-6,10-11H,7-9H2,1-2H3,(H,19,20). The molecule has 5 nitrogen and oxygen atoms in total. The summed E-state index contributed by atoms with van der Waals surface area (Å²) in [7, 11) is 1.57. The lowest BCUT2D eigenvalue weighted by Gasteiger charge is -2.31. The number of carbonyl (C=O) groups is 2. The van der Waals surface area contributed by atoms with Gasteiger partial charge in [-0.1, -0.05) is 18.2 Å². The van der Waals surface area contributed by atoms with E-state index in [1.807, 2.05) is 0 Å². The predicted octanol–water partition coefficient (Wildman–Crippen LogP) is 2.49. The summed E-state index contributed by atoms with van der Waals surface area (Å²) >= 11 is 0. The van der Waals surface area contributed by atoms with Crippen molar-refractivity contribution in [2.45, 2.75) is 31.8 Å². The third-order valence-electron chi connectivity index (χ3n) is 3.78. The molecule has 0 radical (unpaired) electrons. The lowest BCUT2D eigenvalue weighted by atomic mass is 10.1. The van der Waals surface area contributed by atoms with Crippen molar-refractivity contribution < 1.29 is 19.1 Å². The highest BCUT2D eigenvalue weighted by Crippen LogP contribution is 2.29. The summed E-state index contributed by atoms with van der Waals surface area (Å²) in [6.07, 6.45) is 1.64. The molecule has 1 aromatic carbocycles. The van der Waals surface area contributed by atoms with E-state index in [9.17, 15) is 14.0 Å². The third-order valence-corrected chi connectivity index (χ3v) is 3.78. The van der Waals surface area contributed by atoms with E-state index < -0.39 is 12.0 Å². The molecular formula is C15H19FN2O3. The summed E-state index contributed by atoms with van der Waals surface area (Å²) in [6.45, 7) is 1.40. The molecule has 1 aliphatic rings. The van der Waals surface area contributed by atoms with Gasteiger partial charge in [-0.2, -0.15) is 0 Å². The van der Waals surface area contributed by atoms with Crippen LogP contribution in [0.2, 0.25) is 0 Å². The molecule has 2 amide bonds. The van der Waals surface area contributed by atoms with Crippen molar-refractivity contribution in [2.75, 3.05) is 13.6 Å². The Morgan fingerprint density at radius 2 is 2.00 bits per heavy atom. The highest BCUT2D eigenvalue weighted by atomic mass is 19.1. The van der Waals surface area contributed by atoms with Crippen LogP contribution in [0.1, 0.15) is 31.4 Å². The number of carboxylic acid groups (broad SMARTS) is 1. The number of hydrogen-bond donors (Lipinski definition) is 1.